The number of nitrogens with zero attached hydrogens (tertiary/aromatic N) is 3. The molecule has 1 atom stereocenters. The highest BCUT2D eigenvalue weighted by molar-refractivity contribution is 6.31. The molecule has 1 aromatic heterocycles. The lowest BCUT2D eigenvalue weighted by atomic mass is 9.76. The van der Waals surface area contributed by atoms with E-state index >= 15 is 0 Å². The van der Waals surface area contributed by atoms with Gasteiger partial charge in [0.15, 0.2) is 0 Å². The van der Waals surface area contributed by atoms with Crippen LogP contribution in [0.25, 0.3) is 0 Å². The SMILES string of the molecule is Cc1nccn1Cc1ccccc1C(=O)N1CCC2(CC1)COC(Cc1ccccc1Cl)C2. The molecule has 0 bridgehead atoms. The summed E-state index contributed by atoms with van der Waals surface area (Å²) in [6.07, 6.45) is 7.82. The molecule has 2 aliphatic rings. The Balaban J connectivity index is 1.22. The quantitative estimate of drug-likeness (QED) is 0.526. The number of ether oxygens (including phenoxy) is 1. The van der Waals surface area contributed by atoms with E-state index in [4.69, 9.17) is 16.3 Å². The first kappa shape index (κ1) is 22.2. The third-order valence-electron chi connectivity index (χ3n) is 7.31. The highest BCUT2D eigenvalue weighted by Gasteiger charge is 2.43. The summed E-state index contributed by atoms with van der Waals surface area (Å²) in [6, 6.07) is 16.0. The number of halogens is 1. The van der Waals surface area contributed by atoms with Gasteiger partial charge in [0.25, 0.3) is 5.91 Å². The van der Waals surface area contributed by atoms with Crippen molar-refractivity contribution in [2.45, 2.75) is 45.3 Å². The Bertz CT molecular complexity index is 1130. The molecule has 1 spiro atoms. The van der Waals surface area contributed by atoms with E-state index in [2.05, 4.69) is 15.6 Å². The monoisotopic (exact) mass is 463 g/mol. The first-order chi connectivity index (χ1) is 16.0. The summed E-state index contributed by atoms with van der Waals surface area (Å²) >= 11 is 6.35. The summed E-state index contributed by atoms with van der Waals surface area (Å²) in [6.45, 7) is 4.97. The lowest BCUT2D eigenvalue weighted by Gasteiger charge is -2.38. The maximum absolute atomic E-state index is 13.4. The van der Waals surface area contributed by atoms with Crippen LogP contribution in [0.15, 0.2) is 60.9 Å². The van der Waals surface area contributed by atoms with Gasteiger partial charge >= 0.3 is 0 Å². The van der Waals surface area contributed by atoms with Gasteiger partial charge in [0.1, 0.15) is 5.82 Å². The van der Waals surface area contributed by atoms with Crippen molar-refractivity contribution in [3.63, 3.8) is 0 Å². The summed E-state index contributed by atoms with van der Waals surface area (Å²) in [4.78, 5) is 19.8. The van der Waals surface area contributed by atoms with Crippen LogP contribution in [0.5, 0.6) is 0 Å². The zero-order valence-electron chi connectivity index (χ0n) is 19.0. The summed E-state index contributed by atoms with van der Waals surface area (Å²) in [7, 11) is 0. The maximum atomic E-state index is 13.4. The van der Waals surface area contributed by atoms with E-state index in [0.717, 1.165) is 72.9 Å². The normalized spacial score (nSPS) is 19.8. The van der Waals surface area contributed by atoms with Gasteiger partial charge in [-0.3, -0.25) is 4.79 Å². The van der Waals surface area contributed by atoms with E-state index in [-0.39, 0.29) is 17.4 Å². The molecule has 0 N–H and O–H groups in total. The predicted molar refractivity (Wildman–Crippen MR) is 130 cm³/mol. The number of piperidine rings is 1. The molecule has 0 radical (unpaired) electrons. The number of likely N-dealkylation sites (tertiary alicyclic amines) is 1. The molecule has 2 aliphatic heterocycles. The van der Waals surface area contributed by atoms with Crippen molar-refractivity contribution in [2.75, 3.05) is 19.7 Å². The Morgan fingerprint density at radius 3 is 2.58 bits per heavy atom. The standard InChI is InChI=1S/C27H30ClN3O2/c1-20-29-12-15-31(20)18-22-7-2-4-8-24(22)26(32)30-13-10-27(11-14-30)17-23(33-19-27)16-21-6-3-5-9-25(21)28/h2-9,12,15,23H,10-11,13-14,16-19H2,1H3. The highest BCUT2D eigenvalue weighted by Crippen LogP contribution is 2.43. The first-order valence-corrected chi connectivity index (χ1v) is 12.1. The van der Waals surface area contributed by atoms with Crippen molar-refractivity contribution in [3.8, 4) is 0 Å². The van der Waals surface area contributed by atoms with Crippen LogP contribution in [0, 0.1) is 12.3 Å². The number of carbonyl (C=O) groups is 1. The van der Waals surface area contributed by atoms with Crippen LogP contribution in [-0.2, 0) is 17.7 Å². The average molecular weight is 464 g/mol. The van der Waals surface area contributed by atoms with Crippen molar-refractivity contribution in [1.82, 2.24) is 14.5 Å². The first-order valence-electron chi connectivity index (χ1n) is 11.7. The Kier molecular flexibility index (Phi) is 6.26. The van der Waals surface area contributed by atoms with E-state index < -0.39 is 0 Å². The Morgan fingerprint density at radius 1 is 1.12 bits per heavy atom. The smallest absolute Gasteiger partial charge is 0.254 e. The van der Waals surface area contributed by atoms with E-state index in [1.54, 1.807) is 6.20 Å². The van der Waals surface area contributed by atoms with Gasteiger partial charge in [-0.25, -0.2) is 4.98 Å². The lowest BCUT2D eigenvalue weighted by molar-refractivity contribution is 0.0495. The van der Waals surface area contributed by atoms with Crippen molar-refractivity contribution in [2.24, 2.45) is 5.41 Å². The van der Waals surface area contributed by atoms with Gasteiger partial charge in [0.2, 0.25) is 0 Å². The van der Waals surface area contributed by atoms with Crippen molar-refractivity contribution >= 4 is 17.5 Å². The van der Waals surface area contributed by atoms with Gasteiger partial charge in [-0.2, -0.15) is 0 Å². The number of benzene rings is 2. The summed E-state index contributed by atoms with van der Waals surface area (Å²) in [5.41, 5.74) is 3.16. The molecule has 3 heterocycles. The molecule has 172 valence electrons. The molecule has 5 rings (SSSR count). The van der Waals surface area contributed by atoms with Gasteiger partial charge in [0.05, 0.1) is 12.7 Å². The molecule has 1 amide bonds. The number of amides is 1. The van der Waals surface area contributed by atoms with Gasteiger partial charge in [-0.15, -0.1) is 0 Å². The fourth-order valence-electron chi connectivity index (χ4n) is 5.26. The number of hydrogen-bond acceptors (Lipinski definition) is 3. The van der Waals surface area contributed by atoms with Crippen LogP contribution in [0.1, 0.15) is 46.6 Å². The Labute approximate surface area is 200 Å². The molecule has 0 aliphatic carbocycles. The molecule has 6 heteroatoms. The van der Waals surface area contributed by atoms with Gasteiger partial charge in [0, 0.05) is 49.0 Å². The molecule has 3 aromatic rings. The van der Waals surface area contributed by atoms with E-state index in [0.29, 0.717) is 6.54 Å². The number of carbonyl (C=O) groups excluding carboxylic acids is 1. The van der Waals surface area contributed by atoms with Gasteiger partial charge in [-0.05, 0) is 54.9 Å². The molecular weight excluding hydrogens is 434 g/mol. The van der Waals surface area contributed by atoms with E-state index in [1.807, 2.05) is 60.5 Å². The minimum Gasteiger partial charge on any atom is -0.377 e. The largest absolute Gasteiger partial charge is 0.377 e. The molecule has 33 heavy (non-hydrogen) atoms. The maximum Gasteiger partial charge on any atom is 0.254 e. The highest BCUT2D eigenvalue weighted by atomic mass is 35.5. The second kappa shape index (κ2) is 9.32. The zero-order valence-corrected chi connectivity index (χ0v) is 19.8. The molecule has 5 nitrogen and oxygen atoms in total. The molecular formula is C27H30ClN3O2. The van der Waals surface area contributed by atoms with Crippen LogP contribution in [0.4, 0.5) is 0 Å². The number of aromatic nitrogens is 2. The fourth-order valence-corrected chi connectivity index (χ4v) is 5.47. The van der Waals surface area contributed by atoms with E-state index in [9.17, 15) is 4.79 Å². The summed E-state index contributed by atoms with van der Waals surface area (Å²) < 4.78 is 8.28. The topological polar surface area (TPSA) is 47.4 Å². The number of aryl methyl sites for hydroxylation is 1. The molecule has 2 saturated heterocycles. The van der Waals surface area contributed by atoms with E-state index in [1.165, 1.54) is 0 Å². The summed E-state index contributed by atoms with van der Waals surface area (Å²) in [5, 5.41) is 0.812. The van der Waals surface area contributed by atoms with Crippen LogP contribution in [-0.4, -0.2) is 46.2 Å². The van der Waals surface area contributed by atoms with Gasteiger partial charge < -0.3 is 14.2 Å². The Hall–Kier alpha value is -2.63. The molecule has 1 unspecified atom stereocenters. The van der Waals surface area contributed by atoms with Gasteiger partial charge in [-0.1, -0.05) is 48.0 Å². The second-order valence-corrected chi connectivity index (χ2v) is 9.89. The molecule has 2 fully saturated rings. The predicted octanol–water partition coefficient (Wildman–Crippen LogP) is 5.15. The second-order valence-electron chi connectivity index (χ2n) is 9.48. The van der Waals surface area contributed by atoms with Crippen LogP contribution in [0.3, 0.4) is 0 Å². The van der Waals surface area contributed by atoms with Crippen LogP contribution in [0.2, 0.25) is 5.02 Å². The Morgan fingerprint density at radius 2 is 1.85 bits per heavy atom. The number of hydrogen-bond donors (Lipinski definition) is 0. The fraction of sp³-hybridized carbons (Fsp3) is 0.407. The third kappa shape index (κ3) is 4.71. The minimum atomic E-state index is 0.129. The molecule has 0 saturated carbocycles. The summed E-state index contributed by atoms with van der Waals surface area (Å²) in [5.74, 6) is 1.08. The van der Waals surface area contributed by atoms with Crippen molar-refractivity contribution in [3.05, 3.63) is 88.5 Å². The minimum absolute atomic E-state index is 0.129. The lowest BCUT2D eigenvalue weighted by Crippen LogP contribution is -2.43. The molecule has 2 aromatic carbocycles. The average Bonchev–Trinajstić information content (AvgIpc) is 3.42. The van der Waals surface area contributed by atoms with Crippen molar-refractivity contribution < 1.29 is 9.53 Å². The zero-order chi connectivity index (χ0) is 22.8. The van der Waals surface area contributed by atoms with Crippen LogP contribution >= 0.6 is 11.6 Å². The van der Waals surface area contributed by atoms with Crippen molar-refractivity contribution in [1.29, 1.82) is 0 Å². The van der Waals surface area contributed by atoms with Crippen LogP contribution < -0.4 is 0 Å². The number of rotatable bonds is 5. The number of imidazole rings is 1. The third-order valence-corrected chi connectivity index (χ3v) is 7.68.